The highest BCUT2D eigenvalue weighted by Crippen LogP contribution is 2.28. The van der Waals surface area contributed by atoms with Gasteiger partial charge in [0.15, 0.2) is 6.61 Å². The first kappa shape index (κ1) is 21.7. The molecule has 0 saturated carbocycles. The lowest BCUT2D eigenvalue weighted by Crippen LogP contribution is -2.30. The standard InChI is InChI=1S/C20H26N2O5S/c1-5-22(6-2)28(25,26)16-10-11-18(23)17(12-16)21-19(24)13-27-20-14(3)8-7-9-15(20)4/h7-12,23H,5-6,13H2,1-4H3,(H,21,24). The van der Waals surface area contributed by atoms with Crippen molar-refractivity contribution in [2.75, 3.05) is 25.0 Å². The summed E-state index contributed by atoms with van der Waals surface area (Å²) in [5.41, 5.74) is 1.83. The summed E-state index contributed by atoms with van der Waals surface area (Å²) in [5.74, 6) is -0.103. The maximum absolute atomic E-state index is 12.6. The third kappa shape index (κ3) is 4.82. The Morgan fingerprint density at radius 3 is 2.29 bits per heavy atom. The predicted molar refractivity (Wildman–Crippen MR) is 108 cm³/mol. The van der Waals surface area contributed by atoms with Crippen LogP contribution in [0.1, 0.15) is 25.0 Å². The van der Waals surface area contributed by atoms with Crippen LogP contribution in [0.5, 0.6) is 11.5 Å². The maximum Gasteiger partial charge on any atom is 0.262 e. The van der Waals surface area contributed by atoms with Gasteiger partial charge < -0.3 is 15.2 Å². The van der Waals surface area contributed by atoms with Gasteiger partial charge in [0, 0.05) is 13.1 Å². The smallest absolute Gasteiger partial charge is 0.262 e. The molecule has 2 aromatic rings. The lowest BCUT2D eigenvalue weighted by molar-refractivity contribution is -0.118. The zero-order chi connectivity index (χ0) is 20.9. The first-order valence-corrected chi connectivity index (χ1v) is 10.5. The number of carbonyl (C=O) groups is 1. The van der Waals surface area contributed by atoms with E-state index in [1.54, 1.807) is 13.8 Å². The second-order valence-corrected chi connectivity index (χ2v) is 8.26. The number of hydrogen-bond donors (Lipinski definition) is 2. The lowest BCUT2D eigenvalue weighted by Gasteiger charge is -2.19. The van der Waals surface area contributed by atoms with Crippen molar-refractivity contribution in [2.24, 2.45) is 0 Å². The fourth-order valence-electron chi connectivity index (χ4n) is 2.84. The van der Waals surface area contributed by atoms with E-state index in [2.05, 4.69) is 5.32 Å². The van der Waals surface area contributed by atoms with Gasteiger partial charge in [-0.25, -0.2) is 8.42 Å². The van der Waals surface area contributed by atoms with E-state index in [1.807, 2.05) is 32.0 Å². The van der Waals surface area contributed by atoms with Crippen molar-refractivity contribution in [2.45, 2.75) is 32.6 Å². The fraction of sp³-hybridized carbons (Fsp3) is 0.350. The van der Waals surface area contributed by atoms with Crippen LogP contribution in [0.4, 0.5) is 5.69 Å². The highest BCUT2D eigenvalue weighted by atomic mass is 32.2. The molecule has 1 amide bonds. The van der Waals surface area contributed by atoms with Gasteiger partial charge in [-0.15, -0.1) is 0 Å². The normalized spacial score (nSPS) is 11.5. The van der Waals surface area contributed by atoms with Crippen molar-refractivity contribution in [3.8, 4) is 11.5 Å². The average Bonchev–Trinajstić information content (AvgIpc) is 2.63. The molecule has 0 unspecified atom stereocenters. The van der Waals surface area contributed by atoms with Gasteiger partial charge in [0.25, 0.3) is 5.91 Å². The number of sulfonamides is 1. The number of aryl methyl sites for hydroxylation is 2. The average molecular weight is 407 g/mol. The molecule has 0 aliphatic carbocycles. The molecule has 0 spiro atoms. The molecule has 2 N–H and O–H groups in total. The summed E-state index contributed by atoms with van der Waals surface area (Å²) < 4.78 is 32.2. The van der Waals surface area contributed by atoms with Crippen LogP contribution >= 0.6 is 0 Å². The molecule has 0 aromatic heterocycles. The van der Waals surface area contributed by atoms with Gasteiger partial charge in [-0.1, -0.05) is 32.0 Å². The predicted octanol–water partition coefficient (Wildman–Crippen LogP) is 3.06. The number of phenolic OH excluding ortho intramolecular Hbond substituents is 1. The molecule has 0 atom stereocenters. The van der Waals surface area contributed by atoms with E-state index < -0.39 is 15.9 Å². The number of ether oxygens (including phenoxy) is 1. The SMILES string of the molecule is CCN(CC)S(=O)(=O)c1ccc(O)c(NC(=O)COc2c(C)cccc2C)c1. The van der Waals surface area contributed by atoms with Crippen LogP contribution in [0.15, 0.2) is 41.3 Å². The molecule has 28 heavy (non-hydrogen) atoms. The van der Waals surface area contributed by atoms with Gasteiger partial charge in [-0.2, -0.15) is 4.31 Å². The van der Waals surface area contributed by atoms with Gasteiger partial charge in [0.05, 0.1) is 10.6 Å². The Hall–Kier alpha value is -2.58. The Kier molecular flexibility index (Phi) is 7.04. The summed E-state index contributed by atoms with van der Waals surface area (Å²) >= 11 is 0. The molecule has 8 heteroatoms. The van der Waals surface area contributed by atoms with Crippen molar-refractivity contribution >= 4 is 21.6 Å². The van der Waals surface area contributed by atoms with Crippen LogP contribution in [-0.2, 0) is 14.8 Å². The summed E-state index contributed by atoms with van der Waals surface area (Å²) in [6.07, 6.45) is 0. The van der Waals surface area contributed by atoms with Crippen LogP contribution in [-0.4, -0.2) is 43.4 Å². The van der Waals surface area contributed by atoms with E-state index in [0.717, 1.165) is 11.1 Å². The van der Waals surface area contributed by atoms with Crippen molar-refractivity contribution in [3.63, 3.8) is 0 Å². The third-order valence-corrected chi connectivity index (χ3v) is 6.39. The number of hydrogen-bond acceptors (Lipinski definition) is 5. The summed E-state index contributed by atoms with van der Waals surface area (Å²) in [5, 5.41) is 12.5. The first-order chi connectivity index (χ1) is 13.2. The number of para-hydroxylation sites is 1. The molecule has 2 aromatic carbocycles. The number of aromatic hydroxyl groups is 1. The molecule has 0 aliphatic rings. The molecule has 2 rings (SSSR count). The summed E-state index contributed by atoms with van der Waals surface area (Å²) in [7, 11) is -3.70. The summed E-state index contributed by atoms with van der Waals surface area (Å²) in [4.78, 5) is 12.3. The highest BCUT2D eigenvalue weighted by molar-refractivity contribution is 7.89. The third-order valence-electron chi connectivity index (χ3n) is 4.34. The van der Waals surface area contributed by atoms with Gasteiger partial charge in [-0.05, 0) is 43.2 Å². The van der Waals surface area contributed by atoms with E-state index >= 15 is 0 Å². The number of rotatable bonds is 8. The fourth-order valence-corrected chi connectivity index (χ4v) is 4.32. The quantitative estimate of drug-likeness (QED) is 0.657. The van der Waals surface area contributed by atoms with Crippen LogP contribution in [0.25, 0.3) is 0 Å². The highest BCUT2D eigenvalue weighted by Gasteiger charge is 2.23. The van der Waals surface area contributed by atoms with Crippen molar-refractivity contribution in [1.82, 2.24) is 4.31 Å². The summed E-state index contributed by atoms with van der Waals surface area (Å²) in [6.45, 7) is 7.64. The Bertz CT molecular complexity index is 933. The minimum absolute atomic E-state index is 0.0000309. The van der Waals surface area contributed by atoms with E-state index in [4.69, 9.17) is 4.74 Å². The van der Waals surface area contributed by atoms with Crippen LogP contribution in [0.3, 0.4) is 0 Å². The largest absolute Gasteiger partial charge is 0.506 e. The molecular formula is C20H26N2O5S. The Balaban J connectivity index is 2.16. The van der Waals surface area contributed by atoms with Gasteiger partial charge in [-0.3, -0.25) is 4.79 Å². The topological polar surface area (TPSA) is 95.9 Å². The van der Waals surface area contributed by atoms with E-state index in [0.29, 0.717) is 18.8 Å². The van der Waals surface area contributed by atoms with Crippen LogP contribution in [0.2, 0.25) is 0 Å². The minimum atomic E-state index is -3.70. The molecule has 0 saturated heterocycles. The van der Waals surface area contributed by atoms with E-state index in [1.165, 1.54) is 22.5 Å². The molecule has 152 valence electrons. The number of nitrogens with zero attached hydrogens (tertiary/aromatic N) is 1. The van der Waals surface area contributed by atoms with Crippen molar-refractivity contribution < 1.29 is 23.1 Å². The first-order valence-electron chi connectivity index (χ1n) is 9.02. The van der Waals surface area contributed by atoms with Gasteiger partial charge in [0.2, 0.25) is 10.0 Å². The number of amides is 1. The Labute approximate surface area is 166 Å². The maximum atomic E-state index is 12.6. The number of phenols is 1. The van der Waals surface area contributed by atoms with E-state index in [9.17, 15) is 18.3 Å². The molecule has 0 radical (unpaired) electrons. The number of anilines is 1. The van der Waals surface area contributed by atoms with Gasteiger partial charge in [0.1, 0.15) is 11.5 Å². The Morgan fingerprint density at radius 1 is 1.11 bits per heavy atom. The molecular weight excluding hydrogens is 380 g/mol. The van der Waals surface area contributed by atoms with Crippen LogP contribution in [0, 0.1) is 13.8 Å². The van der Waals surface area contributed by atoms with E-state index in [-0.39, 0.29) is 22.9 Å². The monoisotopic (exact) mass is 406 g/mol. The van der Waals surface area contributed by atoms with Crippen LogP contribution < -0.4 is 10.1 Å². The molecule has 0 fully saturated rings. The van der Waals surface area contributed by atoms with Crippen molar-refractivity contribution in [3.05, 3.63) is 47.5 Å². The minimum Gasteiger partial charge on any atom is -0.506 e. The zero-order valence-electron chi connectivity index (χ0n) is 16.5. The number of nitrogens with one attached hydrogen (secondary N) is 1. The zero-order valence-corrected chi connectivity index (χ0v) is 17.3. The van der Waals surface area contributed by atoms with Gasteiger partial charge >= 0.3 is 0 Å². The summed E-state index contributed by atoms with van der Waals surface area (Å²) in [6, 6.07) is 9.47. The second kappa shape index (κ2) is 9.07. The molecule has 7 nitrogen and oxygen atoms in total. The molecule has 0 heterocycles. The second-order valence-electron chi connectivity index (χ2n) is 6.33. The Morgan fingerprint density at radius 2 is 1.71 bits per heavy atom. The van der Waals surface area contributed by atoms with Crippen molar-refractivity contribution in [1.29, 1.82) is 0 Å². The lowest BCUT2D eigenvalue weighted by atomic mass is 10.1. The number of carbonyl (C=O) groups excluding carboxylic acids is 1. The number of benzene rings is 2. The molecule has 0 bridgehead atoms. The molecule has 0 aliphatic heterocycles.